The summed E-state index contributed by atoms with van der Waals surface area (Å²) in [6.45, 7) is 2.46. The number of carbonyl (C=O) groups is 2. The van der Waals surface area contributed by atoms with Crippen molar-refractivity contribution in [2.45, 2.75) is 25.3 Å². The molecule has 0 bridgehead atoms. The molecule has 0 spiro atoms. The molecule has 0 unspecified atom stereocenters. The molecular formula is C18H23N7O4. The van der Waals surface area contributed by atoms with Gasteiger partial charge in [0.2, 0.25) is 17.8 Å². The van der Waals surface area contributed by atoms with E-state index in [1.807, 2.05) is 0 Å². The zero-order valence-corrected chi connectivity index (χ0v) is 16.1. The molecule has 2 amide bonds. The second-order valence-corrected chi connectivity index (χ2v) is 6.88. The quantitative estimate of drug-likeness (QED) is 0.338. The molecule has 0 atom stereocenters. The van der Waals surface area contributed by atoms with Crippen molar-refractivity contribution < 1.29 is 19.1 Å². The number of imide groups is 1. The zero-order valence-electron chi connectivity index (χ0n) is 16.1. The lowest BCUT2D eigenvalue weighted by Crippen LogP contribution is -2.29. The molecule has 2 saturated heterocycles. The molecular weight excluding hydrogens is 378 g/mol. The summed E-state index contributed by atoms with van der Waals surface area (Å²) >= 11 is 0. The number of carbonyl (C=O) groups excluding carboxylic acids is 2. The van der Waals surface area contributed by atoms with Gasteiger partial charge < -0.3 is 20.1 Å². The van der Waals surface area contributed by atoms with E-state index in [2.05, 4.69) is 31.0 Å². The van der Waals surface area contributed by atoms with E-state index in [4.69, 9.17) is 9.47 Å². The summed E-state index contributed by atoms with van der Waals surface area (Å²) in [4.78, 5) is 32.5. The first kappa shape index (κ1) is 19.3. The Morgan fingerprint density at radius 2 is 2.17 bits per heavy atom. The number of nitrogens with zero attached hydrogens (tertiary/aromatic N) is 4. The Balaban J connectivity index is 1.68. The lowest BCUT2D eigenvalue weighted by molar-refractivity contribution is -0.124. The van der Waals surface area contributed by atoms with E-state index in [1.54, 1.807) is 23.9 Å². The van der Waals surface area contributed by atoms with E-state index in [9.17, 15) is 9.59 Å². The third-order valence-corrected chi connectivity index (χ3v) is 4.76. The Bertz CT molecular complexity index is 949. The average Bonchev–Trinajstić information content (AvgIpc) is 3.25. The molecule has 4 heterocycles. The van der Waals surface area contributed by atoms with Crippen molar-refractivity contribution in [1.82, 2.24) is 24.9 Å². The van der Waals surface area contributed by atoms with Gasteiger partial charge in [0, 0.05) is 44.0 Å². The van der Waals surface area contributed by atoms with Crippen LogP contribution >= 0.6 is 0 Å². The molecule has 0 aromatic carbocycles. The molecule has 2 aliphatic rings. The van der Waals surface area contributed by atoms with Crippen molar-refractivity contribution in [3.05, 3.63) is 17.3 Å². The lowest BCUT2D eigenvalue weighted by Gasteiger charge is -2.23. The highest BCUT2D eigenvalue weighted by Gasteiger charge is 2.25. The Morgan fingerprint density at radius 1 is 1.34 bits per heavy atom. The summed E-state index contributed by atoms with van der Waals surface area (Å²) in [6, 6.07) is 0.223. The van der Waals surface area contributed by atoms with Crippen LogP contribution in [0, 0.1) is 0 Å². The highest BCUT2D eigenvalue weighted by atomic mass is 16.5. The summed E-state index contributed by atoms with van der Waals surface area (Å²) in [5.74, 6) is 0.285. The first-order valence-electron chi connectivity index (χ1n) is 9.51. The molecule has 2 aliphatic heterocycles. The number of fused-ring (bicyclic) bond motifs is 1. The average molecular weight is 401 g/mol. The number of methoxy groups -OCH3 is 1. The zero-order chi connectivity index (χ0) is 20.2. The van der Waals surface area contributed by atoms with Crippen LogP contribution in [0.4, 0.5) is 11.9 Å². The minimum Gasteiger partial charge on any atom is -0.383 e. The summed E-state index contributed by atoms with van der Waals surface area (Å²) in [6.07, 6.45) is 5.05. The lowest BCUT2D eigenvalue weighted by atomic mass is 10.1. The smallest absolute Gasteiger partial charge is 0.254 e. The molecule has 11 heteroatoms. The van der Waals surface area contributed by atoms with Gasteiger partial charge in [-0.1, -0.05) is 0 Å². The molecule has 29 heavy (non-hydrogen) atoms. The molecule has 0 saturated carbocycles. The summed E-state index contributed by atoms with van der Waals surface area (Å²) < 4.78 is 12.1. The Labute approximate surface area is 166 Å². The number of amides is 2. The van der Waals surface area contributed by atoms with Crippen LogP contribution < -0.4 is 16.0 Å². The van der Waals surface area contributed by atoms with Gasteiger partial charge in [0.1, 0.15) is 0 Å². The monoisotopic (exact) mass is 401 g/mol. The number of ether oxygens (including phenoxy) is 2. The fraction of sp³-hybridized carbons (Fsp3) is 0.500. The van der Waals surface area contributed by atoms with Gasteiger partial charge in [-0.25, -0.2) is 0 Å². The normalized spacial score (nSPS) is 19.1. The maximum atomic E-state index is 11.9. The van der Waals surface area contributed by atoms with E-state index in [1.165, 1.54) is 0 Å². The molecule has 4 rings (SSSR count). The van der Waals surface area contributed by atoms with Crippen LogP contribution in [0.3, 0.4) is 0 Å². The van der Waals surface area contributed by atoms with Crippen LogP contribution in [0.2, 0.25) is 0 Å². The third kappa shape index (κ3) is 4.35. The first-order valence-corrected chi connectivity index (χ1v) is 9.51. The number of hydrogen-bond acceptors (Lipinski definition) is 9. The molecule has 0 aliphatic carbocycles. The fourth-order valence-corrected chi connectivity index (χ4v) is 3.27. The van der Waals surface area contributed by atoms with Crippen molar-refractivity contribution in [3.8, 4) is 0 Å². The van der Waals surface area contributed by atoms with Crippen molar-refractivity contribution in [2.24, 2.45) is 0 Å². The molecule has 2 fully saturated rings. The summed E-state index contributed by atoms with van der Waals surface area (Å²) in [5.41, 5.74) is 1.56. The van der Waals surface area contributed by atoms with Crippen LogP contribution in [0.1, 0.15) is 24.8 Å². The Kier molecular flexibility index (Phi) is 5.67. The maximum Gasteiger partial charge on any atom is 0.254 e. The summed E-state index contributed by atoms with van der Waals surface area (Å²) in [7, 11) is 1.63. The first-order chi connectivity index (χ1) is 14.1. The van der Waals surface area contributed by atoms with Gasteiger partial charge in [0.25, 0.3) is 5.91 Å². The van der Waals surface area contributed by atoms with Crippen molar-refractivity contribution in [1.29, 1.82) is 0 Å². The SMILES string of the molecule is COCCNc1nc(NC2CCOCC2)nc2c(C=C3CC(=O)NC3=O)cnn12. The van der Waals surface area contributed by atoms with Crippen molar-refractivity contribution >= 4 is 35.4 Å². The standard InChI is InChI=1S/C18H23N7O4/c1-28-7-4-19-18-24-17(21-13-2-5-29-6-3-13)23-15-12(10-20-25(15)18)8-11-9-14(26)22-16(11)27/h8,10,13H,2-7,9H2,1H3,(H,22,26,27)(H2,19,21,23,24). The van der Waals surface area contributed by atoms with Crippen LogP contribution in [0.5, 0.6) is 0 Å². The molecule has 154 valence electrons. The van der Waals surface area contributed by atoms with E-state index < -0.39 is 0 Å². The van der Waals surface area contributed by atoms with Crippen LogP contribution in [-0.4, -0.2) is 70.9 Å². The van der Waals surface area contributed by atoms with E-state index in [0.717, 1.165) is 12.8 Å². The van der Waals surface area contributed by atoms with Gasteiger partial charge >= 0.3 is 0 Å². The van der Waals surface area contributed by atoms with Crippen LogP contribution in [0.15, 0.2) is 11.8 Å². The topological polar surface area (TPSA) is 132 Å². The minimum atomic E-state index is -0.387. The molecule has 3 N–H and O–H groups in total. The van der Waals surface area contributed by atoms with Gasteiger partial charge in [0.15, 0.2) is 5.65 Å². The Morgan fingerprint density at radius 3 is 2.90 bits per heavy atom. The molecule has 2 aromatic rings. The molecule has 0 radical (unpaired) electrons. The molecule has 2 aromatic heterocycles. The van der Waals surface area contributed by atoms with E-state index in [0.29, 0.717) is 55.0 Å². The van der Waals surface area contributed by atoms with Gasteiger partial charge in [-0.2, -0.15) is 19.6 Å². The van der Waals surface area contributed by atoms with E-state index in [-0.39, 0.29) is 24.3 Å². The predicted molar refractivity (Wildman–Crippen MR) is 104 cm³/mol. The number of hydrogen-bond donors (Lipinski definition) is 3. The fourth-order valence-electron chi connectivity index (χ4n) is 3.27. The maximum absolute atomic E-state index is 11.9. The van der Waals surface area contributed by atoms with Gasteiger partial charge in [0.05, 0.1) is 19.2 Å². The predicted octanol–water partition coefficient (Wildman–Crippen LogP) is 0.203. The van der Waals surface area contributed by atoms with Crippen molar-refractivity contribution in [2.75, 3.05) is 44.1 Å². The highest BCUT2D eigenvalue weighted by Crippen LogP contribution is 2.21. The Hall–Kier alpha value is -3.05. The van der Waals surface area contributed by atoms with Crippen LogP contribution in [-0.2, 0) is 19.1 Å². The summed E-state index contributed by atoms with van der Waals surface area (Å²) in [5, 5.41) is 13.2. The highest BCUT2D eigenvalue weighted by molar-refractivity contribution is 6.15. The largest absolute Gasteiger partial charge is 0.383 e. The van der Waals surface area contributed by atoms with Crippen LogP contribution in [0.25, 0.3) is 11.7 Å². The van der Waals surface area contributed by atoms with Gasteiger partial charge in [-0.3, -0.25) is 14.9 Å². The number of aromatic nitrogens is 4. The second-order valence-electron chi connectivity index (χ2n) is 6.88. The number of nitrogens with one attached hydrogen (secondary N) is 3. The van der Waals surface area contributed by atoms with E-state index >= 15 is 0 Å². The molecule has 11 nitrogen and oxygen atoms in total. The number of rotatable bonds is 7. The van der Waals surface area contributed by atoms with Gasteiger partial charge in [-0.05, 0) is 18.9 Å². The number of anilines is 2. The van der Waals surface area contributed by atoms with Gasteiger partial charge in [-0.15, -0.1) is 0 Å². The minimum absolute atomic E-state index is 0.0490. The van der Waals surface area contributed by atoms with Crippen molar-refractivity contribution in [3.63, 3.8) is 0 Å². The third-order valence-electron chi connectivity index (χ3n) is 4.76. The second kappa shape index (κ2) is 8.53.